The SMILES string of the molecule is O=C(NCCc1ccccn1)[C@@H]1CCOc2ccccc2C1. The summed E-state index contributed by atoms with van der Waals surface area (Å²) in [7, 11) is 0. The third-order valence-corrected chi connectivity index (χ3v) is 3.94. The highest BCUT2D eigenvalue weighted by molar-refractivity contribution is 5.79. The molecule has 0 saturated heterocycles. The number of hydrogen-bond acceptors (Lipinski definition) is 3. The number of rotatable bonds is 4. The second-order valence-corrected chi connectivity index (χ2v) is 5.51. The molecule has 0 aliphatic carbocycles. The fourth-order valence-corrected chi connectivity index (χ4v) is 2.72. The molecule has 1 atom stereocenters. The van der Waals surface area contributed by atoms with Gasteiger partial charge in [-0.25, -0.2) is 0 Å². The monoisotopic (exact) mass is 296 g/mol. The number of nitrogens with one attached hydrogen (secondary N) is 1. The molecule has 2 aromatic rings. The van der Waals surface area contributed by atoms with Crippen LogP contribution in [-0.4, -0.2) is 24.0 Å². The second kappa shape index (κ2) is 7.07. The van der Waals surface area contributed by atoms with Gasteiger partial charge in [0.2, 0.25) is 5.91 Å². The molecule has 1 aliphatic rings. The zero-order valence-electron chi connectivity index (χ0n) is 12.5. The van der Waals surface area contributed by atoms with Gasteiger partial charge in [0.15, 0.2) is 0 Å². The largest absolute Gasteiger partial charge is 0.493 e. The van der Waals surface area contributed by atoms with Crippen LogP contribution in [0, 0.1) is 5.92 Å². The first-order valence-corrected chi connectivity index (χ1v) is 7.71. The van der Waals surface area contributed by atoms with E-state index in [0.717, 1.165) is 36.3 Å². The van der Waals surface area contributed by atoms with Gasteiger partial charge in [-0.15, -0.1) is 0 Å². The quantitative estimate of drug-likeness (QED) is 0.942. The third kappa shape index (κ3) is 3.64. The minimum atomic E-state index is -0.0209. The van der Waals surface area contributed by atoms with Crippen molar-refractivity contribution in [1.82, 2.24) is 10.3 Å². The molecule has 1 amide bonds. The molecule has 4 heteroatoms. The van der Waals surface area contributed by atoms with Gasteiger partial charge < -0.3 is 10.1 Å². The van der Waals surface area contributed by atoms with E-state index in [9.17, 15) is 4.79 Å². The van der Waals surface area contributed by atoms with Crippen molar-refractivity contribution >= 4 is 5.91 Å². The highest BCUT2D eigenvalue weighted by Crippen LogP contribution is 2.26. The first-order chi connectivity index (χ1) is 10.8. The van der Waals surface area contributed by atoms with Crippen molar-refractivity contribution in [2.45, 2.75) is 19.3 Å². The van der Waals surface area contributed by atoms with E-state index in [1.165, 1.54) is 0 Å². The van der Waals surface area contributed by atoms with Crippen LogP contribution in [0.5, 0.6) is 5.75 Å². The number of ether oxygens (including phenoxy) is 1. The van der Waals surface area contributed by atoms with Gasteiger partial charge in [-0.2, -0.15) is 0 Å². The molecule has 2 heterocycles. The first kappa shape index (κ1) is 14.6. The summed E-state index contributed by atoms with van der Waals surface area (Å²) >= 11 is 0. The predicted octanol–water partition coefficient (Wildman–Crippen LogP) is 2.38. The molecule has 22 heavy (non-hydrogen) atoms. The molecule has 0 saturated carbocycles. The van der Waals surface area contributed by atoms with Crippen molar-refractivity contribution in [2.24, 2.45) is 5.92 Å². The fraction of sp³-hybridized carbons (Fsp3) is 0.333. The van der Waals surface area contributed by atoms with E-state index < -0.39 is 0 Å². The average Bonchev–Trinajstić information content (AvgIpc) is 2.78. The molecule has 4 nitrogen and oxygen atoms in total. The maximum atomic E-state index is 12.4. The molecule has 0 fully saturated rings. The number of pyridine rings is 1. The molecule has 114 valence electrons. The van der Waals surface area contributed by atoms with Crippen molar-refractivity contribution in [1.29, 1.82) is 0 Å². The number of aromatic nitrogens is 1. The molecule has 1 aromatic carbocycles. The number of fused-ring (bicyclic) bond motifs is 1. The van der Waals surface area contributed by atoms with Crippen molar-refractivity contribution in [3.05, 3.63) is 59.9 Å². The highest BCUT2D eigenvalue weighted by atomic mass is 16.5. The number of carbonyl (C=O) groups is 1. The molecular formula is C18H20N2O2. The first-order valence-electron chi connectivity index (χ1n) is 7.71. The van der Waals surface area contributed by atoms with Gasteiger partial charge >= 0.3 is 0 Å². The lowest BCUT2D eigenvalue weighted by Crippen LogP contribution is -2.33. The van der Waals surface area contributed by atoms with Crippen LogP contribution in [0.2, 0.25) is 0 Å². The van der Waals surface area contributed by atoms with Crippen LogP contribution >= 0.6 is 0 Å². The maximum Gasteiger partial charge on any atom is 0.223 e. The van der Waals surface area contributed by atoms with Crippen LogP contribution in [0.25, 0.3) is 0 Å². The van der Waals surface area contributed by atoms with Gasteiger partial charge in [0.1, 0.15) is 5.75 Å². The average molecular weight is 296 g/mol. The fourth-order valence-electron chi connectivity index (χ4n) is 2.72. The Morgan fingerprint density at radius 3 is 2.95 bits per heavy atom. The number of para-hydroxylation sites is 1. The number of carbonyl (C=O) groups excluding carboxylic acids is 1. The summed E-state index contributed by atoms with van der Waals surface area (Å²) in [5.41, 5.74) is 2.11. The topological polar surface area (TPSA) is 51.2 Å². The molecule has 1 aliphatic heterocycles. The van der Waals surface area contributed by atoms with E-state index in [1.54, 1.807) is 6.20 Å². The molecular weight excluding hydrogens is 276 g/mol. The zero-order chi connectivity index (χ0) is 15.2. The van der Waals surface area contributed by atoms with Gasteiger partial charge in [-0.1, -0.05) is 24.3 Å². The summed E-state index contributed by atoms with van der Waals surface area (Å²) in [6, 6.07) is 13.8. The van der Waals surface area contributed by atoms with Gasteiger partial charge in [0.05, 0.1) is 6.61 Å². The molecule has 3 rings (SSSR count). The summed E-state index contributed by atoms with van der Waals surface area (Å²) in [5.74, 6) is 0.995. The van der Waals surface area contributed by atoms with E-state index in [2.05, 4.69) is 10.3 Å². The summed E-state index contributed by atoms with van der Waals surface area (Å²) in [5, 5.41) is 3.02. The minimum Gasteiger partial charge on any atom is -0.493 e. The summed E-state index contributed by atoms with van der Waals surface area (Å²) in [4.78, 5) is 16.6. The van der Waals surface area contributed by atoms with Crippen LogP contribution < -0.4 is 10.1 Å². The van der Waals surface area contributed by atoms with Crippen LogP contribution in [0.15, 0.2) is 48.7 Å². The van der Waals surface area contributed by atoms with Crippen LogP contribution in [0.3, 0.4) is 0 Å². The lowest BCUT2D eigenvalue weighted by molar-refractivity contribution is -0.125. The molecule has 1 N–H and O–H groups in total. The van der Waals surface area contributed by atoms with Crippen LogP contribution in [-0.2, 0) is 17.6 Å². The predicted molar refractivity (Wildman–Crippen MR) is 84.7 cm³/mol. The second-order valence-electron chi connectivity index (χ2n) is 5.51. The van der Waals surface area contributed by atoms with Crippen molar-refractivity contribution in [3.63, 3.8) is 0 Å². The van der Waals surface area contributed by atoms with Gasteiger partial charge in [-0.05, 0) is 36.6 Å². The van der Waals surface area contributed by atoms with E-state index in [4.69, 9.17) is 4.74 Å². The molecule has 0 bridgehead atoms. The van der Waals surface area contributed by atoms with E-state index in [-0.39, 0.29) is 11.8 Å². The molecule has 1 aromatic heterocycles. The van der Waals surface area contributed by atoms with E-state index in [0.29, 0.717) is 13.2 Å². The van der Waals surface area contributed by atoms with Crippen LogP contribution in [0.1, 0.15) is 17.7 Å². The summed E-state index contributed by atoms with van der Waals surface area (Å²) in [6.45, 7) is 1.21. The Kier molecular flexibility index (Phi) is 4.68. The number of benzene rings is 1. The summed E-state index contributed by atoms with van der Waals surface area (Å²) < 4.78 is 5.71. The highest BCUT2D eigenvalue weighted by Gasteiger charge is 2.23. The molecule has 0 unspecified atom stereocenters. The Balaban J connectivity index is 1.54. The number of hydrogen-bond donors (Lipinski definition) is 1. The van der Waals surface area contributed by atoms with Crippen molar-refractivity contribution in [2.75, 3.05) is 13.2 Å². The van der Waals surface area contributed by atoms with Gasteiger partial charge in [-0.3, -0.25) is 9.78 Å². The lowest BCUT2D eigenvalue weighted by Gasteiger charge is -2.13. The normalized spacial score (nSPS) is 17.0. The Hall–Kier alpha value is -2.36. The van der Waals surface area contributed by atoms with E-state index >= 15 is 0 Å². The Morgan fingerprint density at radius 2 is 2.09 bits per heavy atom. The maximum absolute atomic E-state index is 12.4. The Bertz CT molecular complexity index is 628. The van der Waals surface area contributed by atoms with Crippen molar-refractivity contribution in [3.8, 4) is 5.75 Å². The third-order valence-electron chi connectivity index (χ3n) is 3.94. The number of nitrogens with zero attached hydrogens (tertiary/aromatic N) is 1. The summed E-state index contributed by atoms with van der Waals surface area (Å²) in [6.07, 6.45) is 4.03. The lowest BCUT2D eigenvalue weighted by atomic mass is 9.96. The van der Waals surface area contributed by atoms with E-state index in [1.807, 2.05) is 42.5 Å². The van der Waals surface area contributed by atoms with Crippen molar-refractivity contribution < 1.29 is 9.53 Å². The van der Waals surface area contributed by atoms with Gasteiger partial charge in [0.25, 0.3) is 0 Å². The van der Waals surface area contributed by atoms with Gasteiger partial charge in [0, 0.05) is 30.8 Å². The Labute approximate surface area is 130 Å². The number of amides is 1. The minimum absolute atomic E-state index is 0.0209. The molecule has 0 spiro atoms. The van der Waals surface area contributed by atoms with Crippen LogP contribution in [0.4, 0.5) is 0 Å². The Morgan fingerprint density at radius 1 is 1.23 bits per heavy atom. The zero-order valence-corrected chi connectivity index (χ0v) is 12.5. The smallest absolute Gasteiger partial charge is 0.223 e. The molecule has 0 radical (unpaired) electrons. The standard InChI is InChI=1S/C18H20N2O2/c21-18(20-11-8-16-6-3-4-10-19-16)15-9-12-22-17-7-2-1-5-14(17)13-15/h1-7,10,15H,8-9,11-13H2,(H,20,21)/t15-/m1/s1.